The van der Waals surface area contributed by atoms with Crippen molar-refractivity contribution < 1.29 is 13.7 Å². The van der Waals surface area contributed by atoms with Gasteiger partial charge in [0.2, 0.25) is 5.76 Å². The van der Waals surface area contributed by atoms with Gasteiger partial charge in [-0.15, -0.1) is 10.2 Å². The minimum Gasteiger partial charge on any atom is -0.486 e. The number of benzene rings is 1. The Labute approximate surface area is 164 Å². The highest BCUT2D eigenvalue weighted by Crippen LogP contribution is 2.25. The summed E-state index contributed by atoms with van der Waals surface area (Å²) in [5, 5.41) is 13.9. The molecule has 0 bridgehead atoms. The lowest BCUT2D eigenvalue weighted by atomic mass is 10.3. The average Bonchev–Trinajstić information content (AvgIpc) is 3.41. The van der Waals surface area contributed by atoms with E-state index in [-0.39, 0.29) is 0 Å². The second-order valence-electron chi connectivity index (χ2n) is 5.65. The molecular weight excluding hydrogens is 388 g/mol. The molecule has 3 heterocycles. The van der Waals surface area contributed by atoms with Crippen LogP contribution in [0.25, 0.3) is 11.5 Å². The van der Waals surface area contributed by atoms with Crippen molar-refractivity contribution in [2.24, 2.45) is 7.05 Å². The summed E-state index contributed by atoms with van der Waals surface area (Å²) in [5.74, 6) is 3.31. The van der Waals surface area contributed by atoms with Crippen LogP contribution in [0.4, 0.5) is 0 Å². The summed E-state index contributed by atoms with van der Waals surface area (Å²) in [4.78, 5) is 0. The van der Waals surface area contributed by atoms with E-state index in [2.05, 4.69) is 15.4 Å². The fourth-order valence-electron chi connectivity index (χ4n) is 2.33. The summed E-state index contributed by atoms with van der Waals surface area (Å²) < 4.78 is 18.2. The molecule has 4 aromatic rings. The number of hydrogen-bond acceptors (Lipinski definition) is 7. The average molecular weight is 403 g/mol. The molecule has 0 spiro atoms. The van der Waals surface area contributed by atoms with Crippen LogP contribution < -0.4 is 4.74 Å². The fourth-order valence-corrected chi connectivity index (χ4v) is 3.26. The second-order valence-corrected chi connectivity index (χ2v) is 7.03. The lowest BCUT2D eigenvalue weighted by Crippen LogP contribution is -2.04. The van der Waals surface area contributed by atoms with E-state index in [4.69, 9.17) is 25.3 Å². The van der Waals surface area contributed by atoms with Crippen LogP contribution in [0.3, 0.4) is 0 Å². The van der Waals surface area contributed by atoms with Gasteiger partial charge >= 0.3 is 0 Å². The third-order valence-electron chi connectivity index (χ3n) is 3.78. The van der Waals surface area contributed by atoms with Crippen molar-refractivity contribution in [2.45, 2.75) is 17.5 Å². The molecule has 3 aromatic heterocycles. The second kappa shape index (κ2) is 7.89. The fraction of sp³-hybridized carbons (Fsp3) is 0.167. The standard InChI is InChI=1S/C18H15ClN4O3S/c1-23-17(10-25-14-6-4-12(19)5-7-14)20-21-18(23)27-11-13-9-16(26-22-13)15-3-2-8-24-15/h2-9H,10-11H2,1H3. The van der Waals surface area contributed by atoms with Gasteiger partial charge in [0.05, 0.1) is 12.0 Å². The maximum Gasteiger partial charge on any atom is 0.202 e. The number of thioether (sulfide) groups is 1. The Morgan fingerprint density at radius 2 is 2.00 bits per heavy atom. The minimum absolute atomic E-state index is 0.318. The number of halogens is 1. The predicted octanol–water partition coefficient (Wildman–Crippen LogP) is 4.59. The zero-order chi connectivity index (χ0) is 18.6. The Morgan fingerprint density at radius 3 is 2.78 bits per heavy atom. The maximum absolute atomic E-state index is 5.87. The maximum atomic E-state index is 5.87. The first-order chi connectivity index (χ1) is 13.2. The first-order valence-corrected chi connectivity index (χ1v) is 9.44. The summed E-state index contributed by atoms with van der Waals surface area (Å²) in [6.07, 6.45) is 1.60. The van der Waals surface area contributed by atoms with E-state index in [0.29, 0.717) is 28.9 Å². The largest absolute Gasteiger partial charge is 0.486 e. The number of furan rings is 1. The van der Waals surface area contributed by atoms with Gasteiger partial charge in [0.15, 0.2) is 16.7 Å². The van der Waals surface area contributed by atoms with Gasteiger partial charge in [0.25, 0.3) is 0 Å². The number of rotatable bonds is 7. The molecule has 1 aromatic carbocycles. The lowest BCUT2D eigenvalue weighted by molar-refractivity contribution is 0.290. The van der Waals surface area contributed by atoms with Crippen molar-refractivity contribution >= 4 is 23.4 Å². The number of ether oxygens (including phenoxy) is 1. The third kappa shape index (κ3) is 4.17. The lowest BCUT2D eigenvalue weighted by Gasteiger charge is -2.06. The molecule has 0 aliphatic carbocycles. The first kappa shape index (κ1) is 17.7. The van der Waals surface area contributed by atoms with Crippen LogP contribution in [-0.4, -0.2) is 19.9 Å². The van der Waals surface area contributed by atoms with Crippen LogP contribution in [0.1, 0.15) is 11.5 Å². The summed E-state index contributed by atoms with van der Waals surface area (Å²) in [6, 6.07) is 12.7. The molecule has 0 radical (unpaired) electrons. The Bertz CT molecular complexity index is 1010. The summed E-state index contributed by atoms with van der Waals surface area (Å²) in [6.45, 7) is 0.318. The van der Waals surface area contributed by atoms with Crippen LogP contribution in [0.2, 0.25) is 5.02 Å². The van der Waals surface area contributed by atoms with Gasteiger partial charge < -0.3 is 18.2 Å². The predicted molar refractivity (Wildman–Crippen MR) is 101 cm³/mol. The smallest absolute Gasteiger partial charge is 0.202 e. The molecule has 0 N–H and O–H groups in total. The van der Waals surface area contributed by atoms with Gasteiger partial charge in [-0.3, -0.25) is 0 Å². The Morgan fingerprint density at radius 1 is 1.15 bits per heavy atom. The van der Waals surface area contributed by atoms with Crippen molar-refractivity contribution in [3.63, 3.8) is 0 Å². The summed E-state index contributed by atoms with van der Waals surface area (Å²) in [7, 11) is 1.90. The quantitative estimate of drug-likeness (QED) is 0.418. The van der Waals surface area contributed by atoms with Crippen LogP contribution in [0, 0.1) is 0 Å². The number of aromatic nitrogens is 4. The van der Waals surface area contributed by atoms with Crippen molar-refractivity contribution in [1.29, 1.82) is 0 Å². The molecule has 7 nitrogen and oxygen atoms in total. The molecule has 138 valence electrons. The molecule has 4 rings (SSSR count). The Balaban J connectivity index is 1.35. The molecular formula is C18H15ClN4O3S. The summed E-state index contributed by atoms with van der Waals surface area (Å²) >= 11 is 7.39. The highest BCUT2D eigenvalue weighted by atomic mass is 35.5. The monoisotopic (exact) mass is 402 g/mol. The highest BCUT2D eigenvalue weighted by Gasteiger charge is 2.13. The Kier molecular flexibility index (Phi) is 5.17. The van der Waals surface area contributed by atoms with E-state index in [1.54, 1.807) is 24.5 Å². The number of nitrogens with zero attached hydrogens (tertiary/aromatic N) is 4. The highest BCUT2D eigenvalue weighted by molar-refractivity contribution is 7.98. The van der Waals surface area contributed by atoms with Crippen molar-refractivity contribution in [1.82, 2.24) is 19.9 Å². The zero-order valence-corrected chi connectivity index (χ0v) is 15.9. The minimum atomic E-state index is 0.318. The van der Waals surface area contributed by atoms with Gasteiger partial charge in [-0.2, -0.15) is 0 Å². The first-order valence-electron chi connectivity index (χ1n) is 8.08. The normalized spacial score (nSPS) is 11.0. The van der Waals surface area contributed by atoms with Crippen molar-refractivity contribution in [3.8, 4) is 17.3 Å². The van der Waals surface area contributed by atoms with Gasteiger partial charge in [0, 0.05) is 23.9 Å². The van der Waals surface area contributed by atoms with Crippen LogP contribution in [0.5, 0.6) is 5.75 Å². The van der Waals surface area contributed by atoms with Gasteiger partial charge in [-0.05, 0) is 36.4 Å². The van der Waals surface area contributed by atoms with E-state index < -0.39 is 0 Å². The molecule has 0 atom stereocenters. The third-order valence-corrected chi connectivity index (χ3v) is 5.08. The van der Waals surface area contributed by atoms with Crippen LogP contribution >= 0.6 is 23.4 Å². The molecule has 0 fully saturated rings. The molecule has 0 amide bonds. The molecule has 0 unspecified atom stereocenters. The van der Waals surface area contributed by atoms with Crippen molar-refractivity contribution in [3.05, 3.63) is 65.3 Å². The van der Waals surface area contributed by atoms with E-state index >= 15 is 0 Å². The SMILES string of the molecule is Cn1c(COc2ccc(Cl)cc2)nnc1SCc1cc(-c2ccco2)on1. The Hall–Kier alpha value is -2.71. The van der Waals surface area contributed by atoms with E-state index in [9.17, 15) is 0 Å². The molecule has 0 aliphatic rings. The van der Waals surface area contributed by atoms with Crippen LogP contribution in [-0.2, 0) is 19.4 Å². The number of hydrogen-bond donors (Lipinski definition) is 0. The van der Waals surface area contributed by atoms with Gasteiger partial charge in [0.1, 0.15) is 12.4 Å². The van der Waals surface area contributed by atoms with Crippen molar-refractivity contribution in [2.75, 3.05) is 0 Å². The zero-order valence-electron chi connectivity index (χ0n) is 14.3. The summed E-state index contributed by atoms with van der Waals surface area (Å²) in [5.41, 5.74) is 0.799. The molecule has 0 saturated heterocycles. The molecule has 0 aliphatic heterocycles. The molecule has 0 saturated carbocycles. The van der Waals surface area contributed by atoms with E-state index in [1.807, 2.05) is 35.9 Å². The van der Waals surface area contributed by atoms with Gasteiger partial charge in [-0.1, -0.05) is 28.5 Å². The topological polar surface area (TPSA) is 79.1 Å². The molecule has 9 heteroatoms. The molecule has 27 heavy (non-hydrogen) atoms. The van der Waals surface area contributed by atoms with E-state index in [0.717, 1.165) is 22.4 Å². The van der Waals surface area contributed by atoms with Gasteiger partial charge in [-0.25, -0.2) is 0 Å². The van der Waals surface area contributed by atoms with Crippen LogP contribution in [0.15, 0.2) is 62.8 Å². The van der Waals surface area contributed by atoms with E-state index in [1.165, 1.54) is 11.8 Å².